The number of halogens is 2. The molecule has 0 bridgehead atoms. The monoisotopic (exact) mass is 299 g/mol. The van der Waals surface area contributed by atoms with E-state index in [2.05, 4.69) is 25.2 Å². The van der Waals surface area contributed by atoms with E-state index in [0.29, 0.717) is 5.02 Å². The van der Waals surface area contributed by atoms with Crippen LogP contribution in [-0.2, 0) is 6.54 Å². The van der Waals surface area contributed by atoms with Crippen LogP contribution in [0.2, 0.25) is 10.0 Å². The average Bonchev–Trinajstić information content (AvgIpc) is 2.61. The summed E-state index contributed by atoms with van der Waals surface area (Å²) in [5.41, 5.74) is 3.19. The topological polar surface area (TPSA) is 12.0 Å². The summed E-state index contributed by atoms with van der Waals surface area (Å²) in [7, 11) is 0. The molecule has 18 heavy (non-hydrogen) atoms. The molecule has 0 amide bonds. The lowest BCUT2D eigenvalue weighted by molar-refractivity contribution is 1.14. The van der Waals surface area contributed by atoms with Gasteiger partial charge in [0, 0.05) is 21.3 Å². The molecule has 4 heteroatoms. The second-order valence-corrected chi connectivity index (χ2v) is 6.65. The van der Waals surface area contributed by atoms with E-state index in [4.69, 9.17) is 23.2 Å². The van der Waals surface area contributed by atoms with Gasteiger partial charge < -0.3 is 5.32 Å². The van der Waals surface area contributed by atoms with Crippen LogP contribution in [0.3, 0.4) is 0 Å². The minimum absolute atomic E-state index is 0.710. The van der Waals surface area contributed by atoms with Crippen LogP contribution in [-0.4, -0.2) is 0 Å². The van der Waals surface area contributed by atoms with E-state index >= 15 is 0 Å². The highest BCUT2D eigenvalue weighted by molar-refractivity contribution is 7.12. The predicted molar refractivity (Wildman–Crippen MR) is 82.3 cm³/mol. The first-order valence-corrected chi connectivity index (χ1v) is 7.30. The third-order valence-corrected chi connectivity index (χ3v) is 4.59. The van der Waals surface area contributed by atoms with Gasteiger partial charge in [-0.15, -0.1) is 11.3 Å². The Kier molecular flexibility index (Phi) is 4.21. The summed E-state index contributed by atoms with van der Waals surface area (Å²) < 4.78 is 0. The highest BCUT2D eigenvalue weighted by atomic mass is 35.5. The lowest BCUT2D eigenvalue weighted by atomic mass is 10.2. The molecule has 0 radical (unpaired) electrons. The number of thiophene rings is 1. The fraction of sp³-hybridized carbons (Fsp3) is 0.286. The van der Waals surface area contributed by atoms with Crippen molar-refractivity contribution in [2.75, 3.05) is 5.32 Å². The number of benzene rings is 1. The molecule has 0 aliphatic heterocycles. The van der Waals surface area contributed by atoms with Crippen LogP contribution >= 0.6 is 34.5 Å². The van der Waals surface area contributed by atoms with Gasteiger partial charge in [0.2, 0.25) is 0 Å². The van der Waals surface area contributed by atoms with Crippen molar-refractivity contribution in [3.63, 3.8) is 0 Å². The summed E-state index contributed by atoms with van der Waals surface area (Å²) in [4.78, 5) is 2.67. The molecule has 0 aliphatic carbocycles. The van der Waals surface area contributed by atoms with Crippen LogP contribution in [0.4, 0.5) is 5.69 Å². The predicted octanol–water partition coefficient (Wildman–Crippen LogP) is 5.59. The largest absolute Gasteiger partial charge is 0.380 e. The summed E-state index contributed by atoms with van der Waals surface area (Å²) in [5, 5.41) is 4.79. The first kappa shape index (κ1) is 13.7. The smallest absolute Gasteiger partial charge is 0.0641 e. The molecular weight excluding hydrogens is 285 g/mol. The van der Waals surface area contributed by atoms with E-state index in [-0.39, 0.29) is 0 Å². The Morgan fingerprint density at radius 3 is 2.39 bits per heavy atom. The fourth-order valence-corrected chi connectivity index (χ4v) is 3.23. The van der Waals surface area contributed by atoms with Crippen LogP contribution in [0.25, 0.3) is 0 Å². The highest BCUT2D eigenvalue weighted by Crippen LogP contribution is 2.30. The lowest BCUT2D eigenvalue weighted by Gasteiger charge is -2.10. The second kappa shape index (κ2) is 5.52. The fourth-order valence-electron chi connectivity index (χ4n) is 1.83. The van der Waals surface area contributed by atoms with Crippen molar-refractivity contribution < 1.29 is 0 Å². The maximum absolute atomic E-state index is 6.19. The quantitative estimate of drug-likeness (QED) is 0.779. The summed E-state index contributed by atoms with van der Waals surface area (Å²) >= 11 is 14.1. The first-order chi connectivity index (χ1) is 8.47. The Morgan fingerprint density at radius 1 is 1.06 bits per heavy atom. The number of rotatable bonds is 3. The Morgan fingerprint density at radius 2 is 1.78 bits per heavy atom. The molecule has 0 aliphatic rings. The summed E-state index contributed by atoms with van der Waals surface area (Å²) in [6.07, 6.45) is 0. The third kappa shape index (κ3) is 3.00. The minimum atomic E-state index is 0.710. The van der Waals surface area contributed by atoms with Gasteiger partial charge in [-0.1, -0.05) is 23.2 Å². The van der Waals surface area contributed by atoms with Gasteiger partial charge in [0.15, 0.2) is 0 Å². The van der Waals surface area contributed by atoms with Crippen LogP contribution in [0.5, 0.6) is 0 Å². The highest BCUT2D eigenvalue weighted by Gasteiger charge is 2.06. The molecule has 1 aromatic heterocycles. The first-order valence-electron chi connectivity index (χ1n) is 5.73. The van der Waals surface area contributed by atoms with E-state index in [1.165, 1.54) is 15.3 Å². The SMILES string of the molecule is Cc1cc(CNc2cc(Cl)c(C)cc2Cl)c(C)s1. The van der Waals surface area contributed by atoms with Gasteiger partial charge in [0.05, 0.1) is 10.7 Å². The molecule has 2 aromatic rings. The van der Waals surface area contributed by atoms with Crippen molar-refractivity contribution in [2.45, 2.75) is 27.3 Å². The molecular formula is C14H15Cl2NS. The normalized spacial score (nSPS) is 10.7. The Labute approximate surface area is 122 Å². The molecule has 1 aromatic carbocycles. The van der Waals surface area contributed by atoms with Gasteiger partial charge in [-0.05, 0) is 50.1 Å². The summed E-state index contributed by atoms with van der Waals surface area (Å²) in [5.74, 6) is 0. The van der Waals surface area contributed by atoms with Crippen molar-refractivity contribution in [3.8, 4) is 0 Å². The molecule has 2 rings (SSSR count). The maximum atomic E-state index is 6.19. The second-order valence-electron chi connectivity index (χ2n) is 4.37. The van der Waals surface area contributed by atoms with E-state index in [0.717, 1.165) is 22.8 Å². The Bertz CT molecular complexity index is 575. The molecule has 1 N–H and O–H groups in total. The van der Waals surface area contributed by atoms with Crippen LogP contribution in [0.1, 0.15) is 20.9 Å². The van der Waals surface area contributed by atoms with Gasteiger partial charge in [0.25, 0.3) is 0 Å². The molecule has 1 nitrogen and oxygen atoms in total. The molecule has 1 heterocycles. The van der Waals surface area contributed by atoms with Crippen molar-refractivity contribution >= 4 is 40.2 Å². The third-order valence-electron chi connectivity index (χ3n) is 2.86. The zero-order valence-electron chi connectivity index (χ0n) is 10.6. The van der Waals surface area contributed by atoms with Crippen LogP contribution < -0.4 is 5.32 Å². The van der Waals surface area contributed by atoms with Gasteiger partial charge >= 0.3 is 0 Å². The number of aryl methyl sites for hydroxylation is 3. The maximum Gasteiger partial charge on any atom is 0.0641 e. The van der Waals surface area contributed by atoms with Gasteiger partial charge in [-0.3, -0.25) is 0 Å². The van der Waals surface area contributed by atoms with Gasteiger partial charge in [0.1, 0.15) is 0 Å². The zero-order valence-corrected chi connectivity index (χ0v) is 12.9. The standard InChI is InChI=1S/C14H15Cl2NS/c1-8-4-13(16)14(6-12(8)15)17-7-11-5-9(2)18-10(11)3/h4-6,17H,7H2,1-3H3. The zero-order chi connectivity index (χ0) is 13.3. The lowest BCUT2D eigenvalue weighted by Crippen LogP contribution is -2.00. The van der Waals surface area contributed by atoms with Crippen LogP contribution in [0, 0.1) is 20.8 Å². The summed E-state index contributed by atoms with van der Waals surface area (Å²) in [6.45, 7) is 6.98. The molecule has 0 atom stereocenters. The number of hydrogen-bond donors (Lipinski definition) is 1. The molecule has 96 valence electrons. The number of hydrogen-bond acceptors (Lipinski definition) is 2. The molecule has 0 fully saturated rings. The Hall–Kier alpha value is -0.700. The van der Waals surface area contributed by atoms with Gasteiger partial charge in [-0.25, -0.2) is 0 Å². The summed E-state index contributed by atoms with van der Waals surface area (Å²) in [6, 6.07) is 5.97. The molecule has 0 saturated heterocycles. The molecule has 0 unspecified atom stereocenters. The van der Waals surface area contributed by atoms with Crippen molar-refractivity contribution in [1.29, 1.82) is 0 Å². The van der Waals surface area contributed by atoms with E-state index in [1.807, 2.05) is 30.4 Å². The molecule has 0 saturated carbocycles. The molecule has 0 spiro atoms. The van der Waals surface area contributed by atoms with E-state index < -0.39 is 0 Å². The Balaban J connectivity index is 2.15. The van der Waals surface area contributed by atoms with Crippen molar-refractivity contribution in [1.82, 2.24) is 0 Å². The van der Waals surface area contributed by atoms with Crippen LogP contribution in [0.15, 0.2) is 18.2 Å². The van der Waals surface area contributed by atoms with Crippen molar-refractivity contribution in [3.05, 3.63) is 49.1 Å². The van der Waals surface area contributed by atoms with Gasteiger partial charge in [-0.2, -0.15) is 0 Å². The number of anilines is 1. The minimum Gasteiger partial charge on any atom is -0.380 e. The van der Waals surface area contributed by atoms with E-state index in [9.17, 15) is 0 Å². The number of nitrogens with one attached hydrogen (secondary N) is 1. The average molecular weight is 300 g/mol. The van der Waals surface area contributed by atoms with E-state index in [1.54, 1.807) is 0 Å². The van der Waals surface area contributed by atoms with Crippen molar-refractivity contribution in [2.24, 2.45) is 0 Å².